The topological polar surface area (TPSA) is 35.6 Å². The fraction of sp³-hybridized carbons (Fsp3) is 0.682. The first-order valence-corrected chi connectivity index (χ1v) is 10.4. The molecule has 26 heavy (non-hydrogen) atoms. The van der Waals surface area contributed by atoms with Crippen LogP contribution < -0.4 is 5.32 Å². The highest BCUT2D eigenvalue weighted by Crippen LogP contribution is 2.36. The van der Waals surface area contributed by atoms with E-state index in [1.165, 1.54) is 49.7 Å². The first kappa shape index (κ1) is 19.4. The molecule has 4 heteroatoms. The standard InChI is InChI=1S/C22H35N3O/c1-24(2)18-20-12-6-5-11-19(20)17-23-21(26)22(13-7-3-8-14-22)25-15-9-4-10-16-25/h5-6,11-12H,3-4,7-10,13-18H2,1-2H3,(H,23,26). The van der Waals surface area contributed by atoms with Crippen molar-refractivity contribution in [3.8, 4) is 0 Å². The second kappa shape index (κ2) is 9.01. The molecule has 144 valence electrons. The summed E-state index contributed by atoms with van der Waals surface area (Å²) in [5.74, 6) is 0.263. The zero-order valence-corrected chi connectivity index (χ0v) is 16.6. The quantitative estimate of drug-likeness (QED) is 0.846. The molecule has 1 aliphatic carbocycles. The summed E-state index contributed by atoms with van der Waals surface area (Å²) in [5.41, 5.74) is 2.28. The van der Waals surface area contributed by atoms with Gasteiger partial charge in [0, 0.05) is 13.1 Å². The molecular formula is C22H35N3O. The normalized spacial score (nSPS) is 20.9. The van der Waals surface area contributed by atoms with Gasteiger partial charge in [-0.2, -0.15) is 0 Å². The van der Waals surface area contributed by atoms with Crippen LogP contribution in [0.5, 0.6) is 0 Å². The molecular weight excluding hydrogens is 322 g/mol. The minimum Gasteiger partial charge on any atom is -0.350 e. The van der Waals surface area contributed by atoms with E-state index in [1.54, 1.807) is 0 Å². The highest BCUT2D eigenvalue weighted by atomic mass is 16.2. The molecule has 0 radical (unpaired) electrons. The molecule has 0 atom stereocenters. The Balaban J connectivity index is 1.70. The average molecular weight is 358 g/mol. The highest BCUT2D eigenvalue weighted by Gasteiger charge is 2.44. The van der Waals surface area contributed by atoms with Gasteiger partial charge < -0.3 is 10.2 Å². The van der Waals surface area contributed by atoms with Gasteiger partial charge in [-0.1, -0.05) is 49.9 Å². The fourth-order valence-electron chi connectivity index (χ4n) is 4.71. The van der Waals surface area contributed by atoms with Gasteiger partial charge in [-0.15, -0.1) is 0 Å². The molecule has 0 aromatic heterocycles. The van der Waals surface area contributed by atoms with E-state index in [2.05, 4.69) is 53.5 Å². The van der Waals surface area contributed by atoms with E-state index in [9.17, 15) is 4.79 Å². The van der Waals surface area contributed by atoms with Crippen LogP contribution in [0.3, 0.4) is 0 Å². The van der Waals surface area contributed by atoms with E-state index in [1.807, 2.05) is 0 Å². The molecule has 1 heterocycles. The number of hydrogen-bond donors (Lipinski definition) is 1. The molecule has 4 nitrogen and oxygen atoms in total. The smallest absolute Gasteiger partial charge is 0.240 e. The van der Waals surface area contributed by atoms with Crippen LogP contribution in [0.1, 0.15) is 62.5 Å². The van der Waals surface area contributed by atoms with Gasteiger partial charge in [0.2, 0.25) is 5.91 Å². The molecule has 1 aromatic rings. The van der Waals surface area contributed by atoms with Crippen LogP contribution in [0.15, 0.2) is 24.3 Å². The summed E-state index contributed by atoms with van der Waals surface area (Å²) in [4.78, 5) is 18.1. The van der Waals surface area contributed by atoms with Crippen LogP contribution >= 0.6 is 0 Å². The molecule has 1 aromatic carbocycles. The lowest BCUT2D eigenvalue weighted by atomic mass is 9.78. The van der Waals surface area contributed by atoms with Crippen molar-refractivity contribution in [1.82, 2.24) is 15.1 Å². The van der Waals surface area contributed by atoms with E-state index in [0.717, 1.165) is 32.5 Å². The summed E-state index contributed by atoms with van der Waals surface area (Å²) >= 11 is 0. The number of likely N-dealkylation sites (tertiary alicyclic amines) is 1. The van der Waals surface area contributed by atoms with E-state index in [4.69, 9.17) is 0 Å². The van der Waals surface area contributed by atoms with Gasteiger partial charge in [0.25, 0.3) is 0 Å². The van der Waals surface area contributed by atoms with Crippen molar-refractivity contribution >= 4 is 5.91 Å². The molecule has 0 unspecified atom stereocenters. The molecule has 2 aliphatic rings. The van der Waals surface area contributed by atoms with Gasteiger partial charge in [0.15, 0.2) is 0 Å². The maximum Gasteiger partial charge on any atom is 0.240 e. The Bertz CT molecular complexity index is 587. The number of benzene rings is 1. The van der Waals surface area contributed by atoms with Crippen LogP contribution in [0.4, 0.5) is 0 Å². The van der Waals surface area contributed by atoms with Crippen LogP contribution in [-0.2, 0) is 17.9 Å². The molecule has 1 saturated carbocycles. The van der Waals surface area contributed by atoms with Gasteiger partial charge in [-0.25, -0.2) is 0 Å². The SMILES string of the molecule is CN(C)Cc1ccccc1CNC(=O)C1(N2CCCCC2)CCCCC1. The minimum atomic E-state index is -0.255. The number of piperidine rings is 1. The lowest BCUT2D eigenvalue weighted by molar-refractivity contribution is -0.137. The fourth-order valence-corrected chi connectivity index (χ4v) is 4.71. The number of nitrogens with one attached hydrogen (secondary N) is 1. The first-order chi connectivity index (χ1) is 12.6. The molecule has 1 aliphatic heterocycles. The number of hydrogen-bond acceptors (Lipinski definition) is 3. The lowest BCUT2D eigenvalue weighted by Gasteiger charge is -2.46. The summed E-state index contributed by atoms with van der Waals surface area (Å²) in [6, 6.07) is 8.47. The second-order valence-corrected chi connectivity index (χ2v) is 8.33. The Hall–Kier alpha value is -1.39. The third-order valence-electron chi connectivity index (χ3n) is 6.11. The van der Waals surface area contributed by atoms with Gasteiger partial charge in [-0.05, 0) is 64.0 Å². The van der Waals surface area contributed by atoms with Crippen molar-refractivity contribution in [3.63, 3.8) is 0 Å². The Kier molecular flexibility index (Phi) is 6.71. The number of nitrogens with zero attached hydrogens (tertiary/aromatic N) is 2. The van der Waals surface area contributed by atoms with E-state index >= 15 is 0 Å². The molecule has 3 rings (SSSR count). The van der Waals surface area contributed by atoms with Crippen molar-refractivity contribution in [3.05, 3.63) is 35.4 Å². The maximum absolute atomic E-state index is 13.4. The Labute approximate surface area is 158 Å². The van der Waals surface area contributed by atoms with E-state index in [-0.39, 0.29) is 11.4 Å². The Morgan fingerprint density at radius 1 is 1.00 bits per heavy atom. The summed E-state index contributed by atoms with van der Waals surface area (Å²) in [6.07, 6.45) is 9.47. The van der Waals surface area contributed by atoms with Crippen molar-refractivity contribution in [1.29, 1.82) is 0 Å². The van der Waals surface area contributed by atoms with Gasteiger partial charge >= 0.3 is 0 Å². The summed E-state index contributed by atoms with van der Waals surface area (Å²) in [7, 11) is 4.17. The molecule has 1 amide bonds. The van der Waals surface area contributed by atoms with Gasteiger partial charge in [0.05, 0.1) is 0 Å². The number of amides is 1. The summed E-state index contributed by atoms with van der Waals surface area (Å²) in [5, 5.41) is 3.32. The molecule has 0 bridgehead atoms. The summed E-state index contributed by atoms with van der Waals surface area (Å²) < 4.78 is 0. The number of carbonyl (C=O) groups excluding carboxylic acids is 1. The summed E-state index contributed by atoms with van der Waals surface area (Å²) in [6.45, 7) is 3.72. The maximum atomic E-state index is 13.4. The third kappa shape index (κ3) is 4.47. The van der Waals surface area contributed by atoms with Gasteiger partial charge in [0.1, 0.15) is 5.54 Å². The Morgan fingerprint density at radius 3 is 2.27 bits per heavy atom. The predicted molar refractivity (Wildman–Crippen MR) is 107 cm³/mol. The van der Waals surface area contributed by atoms with Crippen molar-refractivity contribution < 1.29 is 4.79 Å². The van der Waals surface area contributed by atoms with E-state index in [0.29, 0.717) is 6.54 Å². The third-order valence-corrected chi connectivity index (χ3v) is 6.11. The Morgan fingerprint density at radius 2 is 1.62 bits per heavy atom. The average Bonchev–Trinajstić information content (AvgIpc) is 2.68. The monoisotopic (exact) mass is 357 g/mol. The van der Waals surface area contributed by atoms with Crippen LogP contribution in [0, 0.1) is 0 Å². The number of carbonyl (C=O) groups is 1. The van der Waals surface area contributed by atoms with Gasteiger partial charge in [-0.3, -0.25) is 9.69 Å². The minimum absolute atomic E-state index is 0.255. The lowest BCUT2D eigenvalue weighted by Crippen LogP contribution is -2.60. The zero-order chi connectivity index (χ0) is 18.4. The van der Waals surface area contributed by atoms with Crippen molar-refractivity contribution in [2.75, 3.05) is 27.2 Å². The highest BCUT2D eigenvalue weighted by molar-refractivity contribution is 5.86. The largest absolute Gasteiger partial charge is 0.350 e. The second-order valence-electron chi connectivity index (χ2n) is 8.33. The molecule has 2 fully saturated rings. The zero-order valence-electron chi connectivity index (χ0n) is 16.6. The van der Waals surface area contributed by atoms with Crippen molar-refractivity contribution in [2.24, 2.45) is 0 Å². The first-order valence-electron chi connectivity index (χ1n) is 10.4. The van der Waals surface area contributed by atoms with Crippen LogP contribution in [0.2, 0.25) is 0 Å². The van der Waals surface area contributed by atoms with Crippen molar-refractivity contribution in [2.45, 2.75) is 70.0 Å². The van der Waals surface area contributed by atoms with E-state index < -0.39 is 0 Å². The molecule has 1 N–H and O–H groups in total. The predicted octanol–water partition coefficient (Wildman–Crippen LogP) is 3.55. The number of rotatable bonds is 6. The molecule has 1 saturated heterocycles. The molecule has 0 spiro atoms. The van der Waals surface area contributed by atoms with Crippen LogP contribution in [0.25, 0.3) is 0 Å². The van der Waals surface area contributed by atoms with Crippen LogP contribution in [-0.4, -0.2) is 48.4 Å².